The molecule has 2 N–H and O–H groups in total. The number of amides is 1. The number of rotatable bonds is 10. The van der Waals surface area contributed by atoms with E-state index in [0.717, 1.165) is 51.2 Å². The van der Waals surface area contributed by atoms with E-state index in [-0.39, 0.29) is 29.9 Å². The Morgan fingerprint density at radius 3 is 2.48 bits per heavy atom. The predicted molar refractivity (Wildman–Crippen MR) is 142 cm³/mol. The summed E-state index contributed by atoms with van der Waals surface area (Å²) in [5, 5.41) is 6.81. The summed E-state index contributed by atoms with van der Waals surface area (Å²) in [5.74, 6) is 1.68. The lowest BCUT2D eigenvalue weighted by molar-refractivity contribution is -0.131. The fourth-order valence-electron chi connectivity index (χ4n) is 4.62. The highest BCUT2D eigenvalue weighted by Crippen LogP contribution is 2.40. The van der Waals surface area contributed by atoms with Crippen molar-refractivity contribution in [2.24, 2.45) is 10.4 Å². The quantitative estimate of drug-likeness (QED) is 0.192. The molecule has 1 aliphatic heterocycles. The van der Waals surface area contributed by atoms with Crippen molar-refractivity contribution >= 4 is 41.8 Å². The van der Waals surface area contributed by atoms with Crippen LogP contribution in [0.15, 0.2) is 23.5 Å². The number of halogens is 1. The largest absolute Gasteiger partial charge is 0.382 e. The molecule has 9 nitrogen and oxygen atoms in total. The zero-order valence-electron chi connectivity index (χ0n) is 20.1. The molecule has 1 saturated heterocycles. The standard InChI is InChI=1S/C23H39N7O2.HI/c1-3-32-18-10-23(8-4-5-9-23)19-28-21(24-2)25-13-7-20(31)29-14-16-30(17-15-29)22-26-11-6-12-27-22;/h6,11-12H,3-5,7-10,13-19H2,1-2H3,(H2,24,25,28);1H. The molecule has 0 aromatic carbocycles. The second kappa shape index (κ2) is 14.5. The molecule has 2 heterocycles. The van der Waals surface area contributed by atoms with Crippen LogP contribution in [0.5, 0.6) is 0 Å². The average Bonchev–Trinajstić information content (AvgIpc) is 3.31. The second-order valence-corrected chi connectivity index (χ2v) is 8.67. The molecule has 0 spiro atoms. The fraction of sp³-hybridized carbons (Fsp3) is 0.739. The van der Waals surface area contributed by atoms with E-state index in [1.165, 1.54) is 25.7 Å². The topological polar surface area (TPSA) is 95.0 Å². The van der Waals surface area contributed by atoms with Crippen LogP contribution in [0.3, 0.4) is 0 Å². The van der Waals surface area contributed by atoms with Gasteiger partial charge in [0.15, 0.2) is 5.96 Å². The van der Waals surface area contributed by atoms with Gasteiger partial charge >= 0.3 is 0 Å². The van der Waals surface area contributed by atoms with Gasteiger partial charge in [0.25, 0.3) is 0 Å². The van der Waals surface area contributed by atoms with Gasteiger partial charge in [0.1, 0.15) is 0 Å². The Morgan fingerprint density at radius 2 is 1.85 bits per heavy atom. The van der Waals surface area contributed by atoms with Crippen LogP contribution >= 0.6 is 24.0 Å². The summed E-state index contributed by atoms with van der Waals surface area (Å²) in [7, 11) is 1.78. The van der Waals surface area contributed by atoms with Crippen LogP contribution in [-0.4, -0.2) is 86.3 Å². The summed E-state index contributed by atoms with van der Waals surface area (Å²) in [5.41, 5.74) is 0.296. The Hall–Kier alpha value is -1.69. The molecular weight excluding hydrogens is 533 g/mol. The second-order valence-electron chi connectivity index (χ2n) is 8.67. The molecule has 1 saturated carbocycles. The number of aromatic nitrogens is 2. The van der Waals surface area contributed by atoms with Crippen LogP contribution < -0.4 is 15.5 Å². The van der Waals surface area contributed by atoms with Gasteiger partial charge < -0.3 is 25.2 Å². The minimum Gasteiger partial charge on any atom is -0.382 e. The van der Waals surface area contributed by atoms with Crippen molar-refractivity contribution < 1.29 is 9.53 Å². The van der Waals surface area contributed by atoms with Crippen molar-refractivity contribution in [3.05, 3.63) is 18.5 Å². The van der Waals surface area contributed by atoms with E-state index in [4.69, 9.17) is 4.74 Å². The Kier molecular flexibility index (Phi) is 12.1. The Morgan fingerprint density at radius 1 is 1.15 bits per heavy atom. The number of hydrogen-bond acceptors (Lipinski definition) is 6. The van der Waals surface area contributed by atoms with Gasteiger partial charge in [0, 0.05) is 78.3 Å². The van der Waals surface area contributed by atoms with E-state index in [1.54, 1.807) is 19.4 Å². The average molecular weight is 574 g/mol. The molecule has 33 heavy (non-hydrogen) atoms. The number of piperazine rings is 1. The molecule has 0 unspecified atom stereocenters. The zero-order valence-corrected chi connectivity index (χ0v) is 22.4. The van der Waals surface area contributed by atoms with Gasteiger partial charge in [0.05, 0.1) is 0 Å². The molecule has 1 aromatic rings. The molecule has 186 valence electrons. The Labute approximate surface area is 215 Å². The van der Waals surface area contributed by atoms with Gasteiger partial charge in [0.2, 0.25) is 11.9 Å². The first-order valence-electron chi connectivity index (χ1n) is 12.0. The zero-order chi connectivity index (χ0) is 22.7. The Bertz CT molecular complexity index is 721. The summed E-state index contributed by atoms with van der Waals surface area (Å²) >= 11 is 0. The Balaban J connectivity index is 0.00000385. The van der Waals surface area contributed by atoms with Crippen LogP contribution in [-0.2, 0) is 9.53 Å². The normalized spacial score (nSPS) is 18.1. The molecule has 2 aliphatic rings. The van der Waals surface area contributed by atoms with Gasteiger partial charge in [-0.2, -0.15) is 0 Å². The first-order valence-corrected chi connectivity index (χ1v) is 12.0. The number of guanidine groups is 1. The summed E-state index contributed by atoms with van der Waals surface area (Å²) in [6, 6.07) is 1.81. The number of ether oxygens (including phenoxy) is 1. The van der Waals surface area contributed by atoms with E-state index in [9.17, 15) is 4.79 Å². The molecule has 1 amide bonds. The molecule has 3 rings (SSSR count). The fourth-order valence-corrected chi connectivity index (χ4v) is 4.62. The lowest BCUT2D eigenvalue weighted by Crippen LogP contribution is -2.50. The number of nitrogens with zero attached hydrogens (tertiary/aromatic N) is 5. The van der Waals surface area contributed by atoms with Crippen molar-refractivity contribution in [1.82, 2.24) is 25.5 Å². The third-order valence-corrected chi connectivity index (χ3v) is 6.60. The molecule has 0 radical (unpaired) electrons. The van der Waals surface area contributed by atoms with E-state index in [1.807, 2.05) is 17.9 Å². The number of carbonyl (C=O) groups excluding carboxylic acids is 1. The number of hydrogen-bond donors (Lipinski definition) is 2. The maximum atomic E-state index is 12.6. The number of carbonyl (C=O) groups is 1. The summed E-state index contributed by atoms with van der Waals surface area (Å²) < 4.78 is 5.61. The van der Waals surface area contributed by atoms with E-state index >= 15 is 0 Å². The van der Waals surface area contributed by atoms with Crippen molar-refractivity contribution in [2.45, 2.75) is 45.4 Å². The molecule has 1 aromatic heterocycles. The van der Waals surface area contributed by atoms with Crippen molar-refractivity contribution in [3.8, 4) is 0 Å². The minimum atomic E-state index is 0. The third kappa shape index (κ3) is 8.55. The molecule has 0 atom stereocenters. The summed E-state index contributed by atoms with van der Waals surface area (Å²) in [6.07, 6.45) is 10.1. The molecule has 0 bridgehead atoms. The highest BCUT2D eigenvalue weighted by atomic mass is 127. The first kappa shape index (κ1) is 27.6. The highest BCUT2D eigenvalue weighted by Gasteiger charge is 2.33. The molecular formula is C23H40IN7O2. The van der Waals surface area contributed by atoms with Gasteiger partial charge in [-0.3, -0.25) is 9.79 Å². The van der Waals surface area contributed by atoms with Crippen molar-refractivity contribution in [3.63, 3.8) is 0 Å². The van der Waals surface area contributed by atoms with Crippen LogP contribution in [0.25, 0.3) is 0 Å². The molecule has 10 heteroatoms. The van der Waals surface area contributed by atoms with Crippen molar-refractivity contribution in [2.75, 3.05) is 64.4 Å². The van der Waals surface area contributed by atoms with Gasteiger partial charge in [-0.1, -0.05) is 12.8 Å². The van der Waals surface area contributed by atoms with E-state index in [2.05, 4.69) is 30.5 Å². The molecule has 2 fully saturated rings. The SMILES string of the molecule is CCOCCC1(CNC(=NC)NCCC(=O)N2CCN(c3ncccn3)CC2)CCCC1.I. The maximum Gasteiger partial charge on any atom is 0.225 e. The number of nitrogens with one attached hydrogen (secondary N) is 2. The van der Waals surface area contributed by atoms with E-state index < -0.39 is 0 Å². The van der Waals surface area contributed by atoms with E-state index in [0.29, 0.717) is 31.5 Å². The smallest absolute Gasteiger partial charge is 0.225 e. The van der Waals surface area contributed by atoms with Gasteiger partial charge in [-0.05, 0) is 37.7 Å². The van der Waals surface area contributed by atoms with Crippen molar-refractivity contribution in [1.29, 1.82) is 0 Å². The van der Waals surface area contributed by atoms with Crippen LogP contribution in [0, 0.1) is 5.41 Å². The molecule has 1 aliphatic carbocycles. The highest BCUT2D eigenvalue weighted by molar-refractivity contribution is 14.0. The first-order chi connectivity index (χ1) is 15.7. The predicted octanol–water partition coefficient (Wildman–Crippen LogP) is 2.29. The number of aliphatic imine (C=N–C) groups is 1. The monoisotopic (exact) mass is 573 g/mol. The van der Waals surface area contributed by atoms with Crippen LogP contribution in [0.1, 0.15) is 45.4 Å². The van der Waals surface area contributed by atoms with Gasteiger partial charge in [-0.25, -0.2) is 9.97 Å². The van der Waals surface area contributed by atoms with Gasteiger partial charge in [-0.15, -0.1) is 24.0 Å². The summed E-state index contributed by atoms with van der Waals surface area (Å²) in [4.78, 5) is 29.6. The third-order valence-electron chi connectivity index (χ3n) is 6.60. The van der Waals surface area contributed by atoms with Crippen LogP contribution in [0.2, 0.25) is 0 Å². The maximum absolute atomic E-state index is 12.6. The number of anilines is 1. The van der Waals surface area contributed by atoms with Crippen LogP contribution in [0.4, 0.5) is 5.95 Å². The lowest BCUT2D eigenvalue weighted by atomic mass is 9.83. The minimum absolute atomic E-state index is 0. The summed E-state index contributed by atoms with van der Waals surface area (Å²) in [6.45, 7) is 8.04. The lowest BCUT2D eigenvalue weighted by Gasteiger charge is -2.34.